The summed E-state index contributed by atoms with van der Waals surface area (Å²) < 4.78 is 8.66. The van der Waals surface area contributed by atoms with Gasteiger partial charge in [0.25, 0.3) is 0 Å². The van der Waals surface area contributed by atoms with Crippen LogP contribution in [0.4, 0.5) is 0 Å². The number of nitrogens with zero attached hydrogens (tertiary/aromatic N) is 3. The Morgan fingerprint density at radius 1 is 1.31 bits per heavy atom. The Kier molecular flexibility index (Phi) is 2.55. The fraction of sp³-hybridized carbons (Fsp3) is 0.455. The van der Waals surface area contributed by atoms with Crippen molar-refractivity contribution in [3.63, 3.8) is 0 Å². The molecule has 0 atom stereocenters. The molecule has 1 fully saturated rings. The van der Waals surface area contributed by atoms with E-state index in [0.29, 0.717) is 12.1 Å². The van der Waals surface area contributed by atoms with Gasteiger partial charge in [0.2, 0.25) is 0 Å². The summed E-state index contributed by atoms with van der Waals surface area (Å²) in [5.74, 6) is 0. The van der Waals surface area contributed by atoms with Gasteiger partial charge in [0, 0.05) is 12.4 Å². The quantitative estimate of drug-likeness (QED) is 0.850. The molecule has 0 bridgehead atoms. The van der Waals surface area contributed by atoms with Crippen molar-refractivity contribution in [1.82, 2.24) is 14.4 Å². The molecule has 0 N–H and O–H groups in total. The van der Waals surface area contributed by atoms with E-state index in [1.165, 1.54) is 12.8 Å². The molecule has 2 aromatic heterocycles. The molecular formula is C11H12BrN3O. The van der Waals surface area contributed by atoms with Gasteiger partial charge in [-0.2, -0.15) is 0 Å². The molecular weight excluding hydrogens is 270 g/mol. The van der Waals surface area contributed by atoms with Crippen LogP contribution in [0.25, 0.3) is 5.65 Å². The molecule has 4 nitrogen and oxygen atoms in total. The number of ether oxygens (including phenoxy) is 1. The summed E-state index contributed by atoms with van der Waals surface area (Å²) in [6.07, 6.45) is 10.5. The van der Waals surface area contributed by atoms with Crippen LogP contribution < -0.4 is 4.74 Å². The number of imidazole rings is 1. The third-order valence-electron chi connectivity index (χ3n) is 2.92. The van der Waals surface area contributed by atoms with Crippen LogP contribution in [-0.4, -0.2) is 20.5 Å². The van der Waals surface area contributed by atoms with Gasteiger partial charge in [0.1, 0.15) is 6.10 Å². The maximum atomic E-state index is 5.89. The predicted molar refractivity (Wildman–Crippen MR) is 63.6 cm³/mol. The SMILES string of the molecule is Brc1cnc(OC2CCCC2)n2ccnc12. The van der Waals surface area contributed by atoms with E-state index in [4.69, 9.17) is 4.74 Å². The highest BCUT2D eigenvalue weighted by Gasteiger charge is 2.18. The number of halogens is 1. The molecule has 1 saturated carbocycles. The van der Waals surface area contributed by atoms with Gasteiger partial charge in [-0.05, 0) is 41.6 Å². The van der Waals surface area contributed by atoms with Crippen molar-refractivity contribution in [2.24, 2.45) is 0 Å². The highest BCUT2D eigenvalue weighted by molar-refractivity contribution is 9.10. The third kappa shape index (κ3) is 1.69. The summed E-state index contributed by atoms with van der Waals surface area (Å²) in [4.78, 5) is 8.55. The minimum absolute atomic E-state index is 0.319. The van der Waals surface area contributed by atoms with Crippen molar-refractivity contribution in [2.75, 3.05) is 0 Å². The Labute approximate surface area is 102 Å². The first-order valence-electron chi connectivity index (χ1n) is 5.49. The minimum Gasteiger partial charge on any atom is -0.461 e. The first kappa shape index (κ1) is 10.1. The van der Waals surface area contributed by atoms with Crippen LogP contribution in [0.5, 0.6) is 6.01 Å². The summed E-state index contributed by atoms with van der Waals surface area (Å²) in [6.45, 7) is 0. The maximum Gasteiger partial charge on any atom is 0.302 e. The Bertz CT molecular complexity index is 505. The Morgan fingerprint density at radius 2 is 2.12 bits per heavy atom. The molecule has 2 aromatic rings. The van der Waals surface area contributed by atoms with E-state index in [2.05, 4.69) is 25.9 Å². The number of aromatic nitrogens is 3. The zero-order chi connectivity index (χ0) is 11.0. The second-order valence-corrected chi connectivity index (χ2v) is 4.89. The highest BCUT2D eigenvalue weighted by atomic mass is 79.9. The van der Waals surface area contributed by atoms with Gasteiger partial charge in [0.15, 0.2) is 5.65 Å². The molecule has 84 valence electrons. The molecule has 0 amide bonds. The van der Waals surface area contributed by atoms with E-state index in [1.807, 2.05) is 10.6 Å². The average Bonchev–Trinajstić information content (AvgIpc) is 2.92. The zero-order valence-electron chi connectivity index (χ0n) is 8.77. The van der Waals surface area contributed by atoms with Gasteiger partial charge >= 0.3 is 6.01 Å². The van der Waals surface area contributed by atoms with Crippen molar-refractivity contribution in [1.29, 1.82) is 0 Å². The molecule has 3 rings (SSSR count). The second-order valence-electron chi connectivity index (χ2n) is 4.03. The fourth-order valence-corrected chi connectivity index (χ4v) is 2.50. The van der Waals surface area contributed by atoms with Crippen molar-refractivity contribution in [2.45, 2.75) is 31.8 Å². The molecule has 0 aliphatic heterocycles. The molecule has 5 heteroatoms. The first-order chi connectivity index (χ1) is 7.84. The van der Waals surface area contributed by atoms with Crippen molar-refractivity contribution >= 4 is 21.6 Å². The molecule has 0 radical (unpaired) electrons. The van der Waals surface area contributed by atoms with Crippen LogP contribution in [0.15, 0.2) is 23.1 Å². The minimum atomic E-state index is 0.319. The number of rotatable bonds is 2. The van der Waals surface area contributed by atoms with E-state index in [0.717, 1.165) is 23.0 Å². The molecule has 0 saturated heterocycles. The van der Waals surface area contributed by atoms with Gasteiger partial charge in [-0.3, -0.25) is 4.40 Å². The van der Waals surface area contributed by atoms with Gasteiger partial charge in [-0.15, -0.1) is 0 Å². The third-order valence-corrected chi connectivity index (χ3v) is 3.48. The lowest BCUT2D eigenvalue weighted by Crippen LogP contribution is -2.14. The summed E-state index contributed by atoms with van der Waals surface area (Å²) in [7, 11) is 0. The Balaban J connectivity index is 1.96. The molecule has 16 heavy (non-hydrogen) atoms. The van der Waals surface area contributed by atoms with Crippen LogP contribution in [0, 0.1) is 0 Å². The van der Waals surface area contributed by atoms with Crippen molar-refractivity contribution < 1.29 is 4.74 Å². The lowest BCUT2D eigenvalue weighted by atomic mass is 10.3. The van der Waals surface area contributed by atoms with E-state index >= 15 is 0 Å². The monoisotopic (exact) mass is 281 g/mol. The summed E-state index contributed by atoms with van der Waals surface area (Å²) in [6, 6.07) is 0.641. The Morgan fingerprint density at radius 3 is 2.94 bits per heavy atom. The largest absolute Gasteiger partial charge is 0.461 e. The average molecular weight is 282 g/mol. The van der Waals surface area contributed by atoms with Gasteiger partial charge < -0.3 is 4.74 Å². The van der Waals surface area contributed by atoms with E-state index in [9.17, 15) is 0 Å². The summed E-state index contributed by atoms with van der Waals surface area (Å²) >= 11 is 3.42. The number of hydrogen-bond acceptors (Lipinski definition) is 3. The van der Waals surface area contributed by atoms with Crippen LogP contribution >= 0.6 is 15.9 Å². The molecule has 0 spiro atoms. The normalized spacial score (nSPS) is 17.1. The maximum absolute atomic E-state index is 5.89. The summed E-state index contributed by atoms with van der Waals surface area (Å²) in [5.41, 5.74) is 0.850. The van der Waals surface area contributed by atoms with Crippen molar-refractivity contribution in [3.8, 4) is 6.01 Å². The predicted octanol–water partition coefficient (Wildman–Crippen LogP) is 2.81. The number of fused-ring (bicyclic) bond motifs is 1. The molecule has 2 heterocycles. The molecule has 1 aliphatic carbocycles. The number of hydrogen-bond donors (Lipinski definition) is 0. The van der Waals surface area contributed by atoms with Crippen LogP contribution in [0.1, 0.15) is 25.7 Å². The Hall–Kier alpha value is -1.10. The highest BCUT2D eigenvalue weighted by Crippen LogP contribution is 2.25. The lowest BCUT2D eigenvalue weighted by Gasteiger charge is -2.13. The van der Waals surface area contributed by atoms with Crippen LogP contribution in [-0.2, 0) is 0 Å². The fourth-order valence-electron chi connectivity index (χ4n) is 2.11. The van der Waals surface area contributed by atoms with E-state index in [1.54, 1.807) is 12.4 Å². The van der Waals surface area contributed by atoms with E-state index in [-0.39, 0.29) is 0 Å². The van der Waals surface area contributed by atoms with Gasteiger partial charge in [0.05, 0.1) is 10.7 Å². The van der Waals surface area contributed by atoms with Gasteiger partial charge in [-0.25, -0.2) is 9.97 Å². The molecule has 0 unspecified atom stereocenters. The molecule has 0 aromatic carbocycles. The van der Waals surface area contributed by atoms with Gasteiger partial charge in [-0.1, -0.05) is 0 Å². The standard InChI is InChI=1S/C11H12BrN3O/c12-9-7-14-11(15-6-5-13-10(9)15)16-8-3-1-2-4-8/h5-8H,1-4H2. The lowest BCUT2D eigenvalue weighted by molar-refractivity contribution is 0.189. The van der Waals surface area contributed by atoms with Crippen LogP contribution in [0.3, 0.4) is 0 Å². The zero-order valence-corrected chi connectivity index (χ0v) is 10.4. The second kappa shape index (κ2) is 4.05. The topological polar surface area (TPSA) is 39.4 Å². The molecule has 1 aliphatic rings. The van der Waals surface area contributed by atoms with E-state index < -0.39 is 0 Å². The smallest absolute Gasteiger partial charge is 0.302 e. The first-order valence-corrected chi connectivity index (χ1v) is 6.28. The summed E-state index contributed by atoms with van der Waals surface area (Å²) in [5, 5.41) is 0. The van der Waals surface area contributed by atoms with Crippen molar-refractivity contribution in [3.05, 3.63) is 23.1 Å². The van der Waals surface area contributed by atoms with Crippen LogP contribution in [0.2, 0.25) is 0 Å².